The summed E-state index contributed by atoms with van der Waals surface area (Å²) in [5.74, 6) is 0.868. The third-order valence-electron chi connectivity index (χ3n) is 4.15. The number of aromatic nitrogens is 2. The largest absolute Gasteiger partial charge is 0.360 e. The van der Waals surface area contributed by atoms with Crippen molar-refractivity contribution in [2.75, 3.05) is 25.5 Å². The van der Waals surface area contributed by atoms with Gasteiger partial charge in [0.1, 0.15) is 5.82 Å². The number of anilines is 1. The maximum atomic E-state index is 11.4. The van der Waals surface area contributed by atoms with Crippen LogP contribution in [-0.4, -0.2) is 40.9 Å². The van der Waals surface area contributed by atoms with E-state index in [0.717, 1.165) is 37.0 Å². The molecule has 0 unspecified atom stereocenters. The van der Waals surface area contributed by atoms with Crippen molar-refractivity contribution in [3.05, 3.63) is 36.5 Å². The zero-order valence-corrected chi connectivity index (χ0v) is 12.2. The molecule has 0 aliphatic carbocycles. The third-order valence-corrected chi connectivity index (χ3v) is 4.15. The Labute approximate surface area is 124 Å². The van der Waals surface area contributed by atoms with Crippen molar-refractivity contribution in [3.63, 3.8) is 0 Å². The molecule has 1 fully saturated rings. The molecule has 2 N–H and O–H groups in total. The van der Waals surface area contributed by atoms with Crippen molar-refractivity contribution >= 4 is 22.8 Å². The maximum Gasteiger partial charge on any atom is 0.248 e. The van der Waals surface area contributed by atoms with E-state index in [1.807, 2.05) is 6.07 Å². The van der Waals surface area contributed by atoms with Gasteiger partial charge in [-0.3, -0.25) is 4.79 Å². The monoisotopic (exact) mass is 284 g/mol. The van der Waals surface area contributed by atoms with Gasteiger partial charge in [-0.2, -0.15) is 0 Å². The van der Waals surface area contributed by atoms with E-state index in [4.69, 9.17) is 0 Å². The molecule has 0 atom stereocenters. The number of hydrogen-bond acceptors (Lipinski definition) is 3. The number of nitrogens with zero attached hydrogens (tertiary/aromatic N) is 2. The van der Waals surface area contributed by atoms with Crippen molar-refractivity contribution in [2.45, 2.75) is 18.8 Å². The highest BCUT2D eigenvalue weighted by Crippen LogP contribution is 2.32. The summed E-state index contributed by atoms with van der Waals surface area (Å²) in [6.07, 6.45) is 5.61. The Morgan fingerprint density at radius 3 is 2.95 bits per heavy atom. The van der Waals surface area contributed by atoms with Crippen LogP contribution < -0.4 is 5.32 Å². The first-order chi connectivity index (χ1) is 10.2. The Balaban J connectivity index is 1.90. The van der Waals surface area contributed by atoms with Crippen LogP contribution in [-0.2, 0) is 4.79 Å². The molecule has 0 saturated carbocycles. The molecule has 1 aliphatic heterocycles. The molecule has 5 nitrogen and oxygen atoms in total. The lowest BCUT2D eigenvalue weighted by Gasteiger charge is -2.28. The third kappa shape index (κ3) is 2.83. The molecule has 0 aromatic carbocycles. The van der Waals surface area contributed by atoms with Gasteiger partial charge in [0.2, 0.25) is 5.91 Å². The van der Waals surface area contributed by atoms with Crippen LogP contribution in [0.5, 0.6) is 0 Å². The average molecular weight is 284 g/mol. The molecule has 1 aliphatic rings. The quantitative estimate of drug-likeness (QED) is 0.851. The van der Waals surface area contributed by atoms with Gasteiger partial charge in [0.15, 0.2) is 0 Å². The van der Waals surface area contributed by atoms with E-state index in [9.17, 15) is 4.79 Å². The van der Waals surface area contributed by atoms with Crippen molar-refractivity contribution in [3.8, 4) is 0 Å². The molecular weight excluding hydrogens is 264 g/mol. The zero-order chi connectivity index (χ0) is 14.8. The molecule has 0 spiro atoms. The van der Waals surface area contributed by atoms with Crippen LogP contribution >= 0.6 is 0 Å². The van der Waals surface area contributed by atoms with Gasteiger partial charge in [0, 0.05) is 6.20 Å². The number of piperidine rings is 1. The van der Waals surface area contributed by atoms with Crippen LogP contribution in [0, 0.1) is 0 Å². The number of hydrogen-bond donors (Lipinski definition) is 2. The number of carbonyl (C=O) groups is 1. The average Bonchev–Trinajstić information content (AvgIpc) is 2.91. The molecule has 0 radical (unpaired) electrons. The predicted molar refractivity (Wildman–Crippen MR) is 84.4 cm³/mol. The minimum atomic E-state index is -0.238. The lowest BCUT2D eigenvalue weighted by molar-refractivity contribution is -0.111. The summed E-state index contributed by atoms with van der Waals surface area (Å²) >= 11 is 0. The molecule has 110 valence electrons. The van der Waals surface area contributed by atoms with Gasteiger partial charge in [-0.15, -0.1) is 0 Å². The number of aromatic amines is 1. The number of rotatable bonds is 3. The van der Waals surface area contributed by atoms with Crippen LogP contribution in [0.4, 0.5) is 5.82 Å². The summed E-state index contributed by atoms with van der Waals surface area (Å²) in [6.45, 7) is 5.69. The number of carbonyl (C=O) groups excluding carboxylic acids is 1. The molecule has 3 heterocycles. The summed E-state index contributed by atoms with van der Waals surface area (Å²) in [6, 6.07) is 3.76. The standard InChI is InChI=1S/C16H20N4O/c1-3-15(21)18-14-5-4-13-16(19-14)12(10-17-13)11-6-8-20(2)9-7-11/h3-5,10-11,17H,1,6-9H2,2H3,(H,18,19,21). The van der Waals surface area contributed by atoms with E-state index in [1.54, 1.807) is 6.07 Å². The molecule has 0 bridgehead atoms. The van der Waals surface area contributed by atoms with E-state index >= 15 is 0 Å². The first-order valence-corrected chi connectivity index (χ1v) is 7.27. The van der Waals surface area contributed by atoms with Crippen LogP contribution in [0.2, 0.25) is 0 Å². The second-order valence-corrected chi connectivity index (χ2v) is 5.61. The fraction of sp³-hybridized carbons (Fsp3) is 0.375. The molecular formula is C16H20N4O. The molecule has 1 saturated heterocycles. The normalized spacial score (nSPS) is 17.0. The second-order valence-electron chi connectivity index (χ2n) is 5.61. The number of pyridine rings is 1. The van der Waals surface area contributed by atoms with Gasteiger partial charge in [0.05, 0.1) is 11.0 Å². The lowest BCUT2D eigenvalue weighted by atomic mass is 9.91. The first-order valence-electron chi connectivity index (χ1n) is 7.27. The Morgan fingerprint density at radius 1 is 1.48 bits per heavy atom. The summed E-state index contributed by atoms with van der Waals surface area (Å²) in [7, 11) is 2.16. The van der Waals surface area contributed by atoms with Crippen LogP contribution in [0.1, 0.15) is 24.3 Å². The molecule has 2 aromatic rings. The van der Waals surface area contributed by atoms with Crippen LogP contribution in [0.15, 0.2) is 31.0 Å². The van der Waals surface area contributed by atoms with E-state index in [1.165, 1.54) is 11.6 Å². The molecule has 21 heavy (non-hydrogen) atoms. The predicted octanol–water partition coefficient (Wildman–Crippen LogP) is 2.50. The number of H-pyrrole nitrogens is 1. The Morgan fingerprint density at radius 2 is 2.24 bits per heavy atom. The topological polar surface area (TPSA) is 61.0 Å². The van der Waals surface area contributed by atoms with Crippen LogP contribution in [0.25, 0.3) is 11.0 Å². The molecule has 5 heteroatoms. The van der Waals surface area contributed by atoms with E-state index in [2.05, 4.69) is 40.0 Å². The Hall–Kier alpha value is -2.14. The number of nitrogens with one attached hydrogen (secondary N) is 2. The Kier molecular flexibility index (Phi) is 3.75. The van der Waals surface area contributed by atoms with Crippen molar-refractivity contribution in [1.82, 2.24) is 14.9 Å². The highest BCUT2D eigenvalue weighted by molar-refractivity contribution is 5.98. The van der Waals surface area contributed by atoms with Gasteiger partial charge in [0.25, 0.3) is 0 Å². The molecule has 3 rings (SSSR count). The highest BCUT2D eigenvalue weighted by Gasteiger charge is 2.21. The fourth-order valence-corrected chi connectivity index (χ4v) is 2.90. The molecule has 2 aromatic heterocycles. The Bertz CT molecular complexity index is 668. The number of likely N-dealkylation sites (tertiary alicyclic amines) is 1. The number of amides is 1. The fourth-order valence-electron chi connectivity index (χ4n) is 2.90. The van der Waals surface area contributed by atoms with E-state index in [0.29, 0.717) is 11.7 Å². The summed E-state index contributed by atoms with van der Waals surface area (Å²) in [4.78, 5) is 21.6. The molecule has 1 amide bonds. The van der Waals surface area contributed by atoms with E-state index < -0.39 is 0 Å². The number of fused-ring (bicyclic) bond motifs is 1. The first kappa shape index (κ1) is 13.8. The maximum absolute atomic E-state index is 11.4. The van der Waals surface area contributed by atoms with Crippen molar-refractivity contribution < 1.29 is 4.79 Å². The lowest BCUT2D eigenvalue weighted by Crippen LogP contribution is -2.29. The second kappa shape index (κ2) is 5.69. The van der Waals surface area contributed by atoms with Gasteiger partial charge < -0.3 is 15.2 Å². The minimum absolute atomic E-state index is 0.238. The van der Waals surface area contributed by atoms with Crippen molar-refractivity contribution in [1.29, 1.82) is 0 Å². The van der Waals surface area contributed by atoms with Crippen LogP contribution in [0.3, 0.4) is 0 Å². The minimum Gasteiger partial charge on any atom is -0.360 e. The van der Waals surface area contributed by atoms with Gasteiger partial charge in [-0.25, -0.2) is 4.98 Å². The SMILES string of the molecule is C=CC(=O)Nc1ccc2[nH]cc(C3CCN(C)CC3)c2n1. The summed E-state index contributed by atoms with van der Waals surface area (Å²) < 4.78 is 0. The smallest absolute Gasteiger partial charge is 0.248 e. The van der Waals surface area contributed by atoms with Gasteiger partial charge in [-0.05, 0) is 62.7 Å². The van der Waals surface area contributed by atoms with Gasteiger partial charge in [-0.1, -0.05) is 6.58 Å². The van der Waals surface area contributed by atoms with E-state index in [-0.39, 0.29) is 5.91 Å². The summed E-state index contributed by atoms with van der Waals surface area (Å²) in [5, 5.41) is 2.72. The highest BCUT2D eigenvalue weighted by atomic mass is 16.1. The van der Waals surface area contributed by atoms with Crippen molar-refractivity contribution in [2.24, 2.45) is 0 Å². The van der Waals surface area contributed by atoms with Gasteiger partial charge >= 0.3 is 0 Å². The summed E-state index contributed by atoms with van der Waals surface area (Å²) in [5.41, 5.74) is 3.24. The zero-order valence-electron chi connectivity index (χ0n) is 12.2.